The van der Waals surface area contributed by atoms with E-state index < -0.39 is 6.10 Å². The zero-order valence-electron chi connectivity index (χ0n) is 14.5. The predicted octanol–water partition coefficient (Wildman–Crippen LogP) is 3.42. The van der Waals surface area contributed by atoms with Crippen LogP contribution in [0.4, 0.5) is 0 Å². The molecule has 0 radical (unpaired) electrons. The van der Waals surface area contributed by atoms with Crippen molar-refractivity contribution in [2.24, 2.45) is 11.8 Å². The third-order valence-corrected chi connectivity index (χ3v) is 5.94. The molecule has 0 saturated heterocycles. The smallest absolute Gasteiger partial charge is 0.159 e. The second-order valence-corrected chi connectivity index (χ2v) is 7.38. The summed E-state index contributed by atoms with van der Waals surface area (Å²) < 4.78 is 0. The molecule has 4 rings (SSSR count). The summed E-state index contributed by atoms with van der Waals surface area (Å²) in [6.45, 7) is 4.19. The maximum absolute atomic E-state index is 10.4. The van der Waals surface area contributed by atoms with Gasteiger partial charge in [-0.15, -0.1) is 0 Å². The first-order chi connectivity index (χ1) is 12.0. The highest BCUT2D eigenvalue weighted by atomic mass is 16.3. The Hall–Kier alpha value is -2.51. The first-order valence-corrected chi connectivity index (χ1v) is 8.77. The Balaban J connectivity index is 1.89. The van der Waals surface area contributed by atoms with Crippen molar-refractivity contribution in [1.82, 2.24) is 9.97 Å². The van der Waals surface area contributed by atoms with Gasteiger partial charge in [0.05, 0.1) is 23.4 Å². The summed E-state index contributed by atoms with van der Waals surface area (Å²) >= 11 is 0. The molecule has 1 unspecified atom stereocenters. The molecule has 0 aliphatic heterocycles. The van der Waals surface area contributed by atoms with Crippen molar-refractivity contribution in [3.8, 4) is 17.5 Å². The van der Waals surface area contributed by atoms with E-state index in [0.717, 1.165) is 29.7 Å². The number of hydrogen-bond donors (Lipinski definition) is 1. The largest absolute Gasteiger partial charge is 0.387 e. The molecule has 0 bridgehead atoms. The standard InChI is InChI=1S/C21H21N3O/c1-13-17-9-8-15-12-23-20(14-6-4-3-5-7-14)24-19(15)21(17,2)10-16(11-22)18(13)25/h3-7,10,12-13,17-18,25H,8-9H2,1-2H3/t13-,17-,18?,21-/m0/s1. The molecule has 126 valence electrons. The van der Waals surface area contributed by atoms with Gasteiger partial charge in [-0.3, -0.25) is 0 Å². The molecule has 0 saturated carbocycles. The van der Waals surface area contributed by atoms with Gasteiger partial charge in [-0.2, -0.15) is 5.26 Å². The lowest BCUT2D eigenvalue weighted by molar-refractivity contribution is 0.0668. The minimum atomic E-state index is -0.681. The van der Waals surface area contributed by atoms with E-state index in [1.54, 1.807) is 0 Å². The van der Waals surface area contributed by atoms with E-state index >= 15 is 0 Å². The molecule has 1 N–H and O–H groups in total. The molecule has 1 aromatic heterocycles. The van der Waals surface area contributed by atoms with Crippen molar-refractivity contribution in [3.05, 3.63) is 59.4 Å². The summed E-state index contributed by atoms with van der Waals surface area (Å²) in [6, 6.07) is 12.1. The van der Waals surface area contributed by atoms with Crippen molar-refractivity contribution in [3.63, 3.8) is 0 Å². The van der Waals surface area contributed by atoms with Crippen LogP contribution in [0.1, 0.15) is 31.5 Å². The van der Waals surface area contributed by atoms with Crippen LogP contribution in [0, 0.1) is 23.2 Å². The van der Waals surface area contributed by atoms with Crippen LogP contribution in [0.3, 0.4) is 0 Å². The van der Waals surface area contributed by atoms with Crippen molar-refractivity contribution in [2.75, 3.05) is 0 Å². The van der Waals surface area contributed by atoms with Gasteiger partial charge in [-0.25, -0.2) is 9.97 Å². The Morgan fingerprint density at radius 3 is 2.76 bits per heavy atom. The van der Waals surface area contributed by atoms with Crippen molar-refractivity contribution < 1.29 is 5.11 Å². The van der Waals surface area contributed by atoms with Gasteiger partial charge in [-0.05, 0) is 30.2 Å². The number of rotatable bonds is 1. The van der Waals surface area contributed by atoms with Crippen LogP contribution in [0.25, 0.3) is 11.4 Å². The highest BCUT2D eigenvalue weighted by molar-refractivity contribution is 5.56. The topological polar surface area (TPSA) is 69.8 Å². The lowest BCUT2D eigenvalue weighted by atomic mass is 9.57. The molecule has 1 heterocycles. The van der Waals surface area contributed by atoms with Gasteiger partial charge in [0, 0.05) is 17.2 Å². The Morgan fingerprint density at radius 2 is 2.04 bits per heavy atom. The number of nitriles is 1. The van der Waals surface area contributed by atoms with E-state index in [4.69, 9.17) is 4.98 Å². The van der Waals surface area contributed by atoms with E-state index in [2.05, 4.69) is 18.0 Å². The summed E-state index contributed by atoms with van der Waals surface area (Å²) in [4.78, 5) is 9.48. The molecule has 2 aliphatic rings. The van der Waals surface area contributed by atoms with Crippen LogP contribution in [-0.4, -0.2) is 21.2 Å². The number of aliphatic hydroxyl groups excluding tert-OH is 1. The third kappa shape index (κ3) is 2.39. The summed E-state index contributed by atoms with van der Waals surface area (Å²) in [5.41, 5.74) is 3.26. The lowest BCUT2D eigenvalue weighted by Gasteiger charge is -2.47. The van der Waals surface area contributed by atoms with E-state index in [9.17, 15) is 10.4 Å². The average molecular weight is 331 g/mol. The van der Waals surface area contributed by atoms with Gasteiger partial charge in [0.15, 0.2) is 5.82 Å². The SMILES string of the molecule is C[C@@H]1C(O)C(C#N)=C[C@]2(C)c3nc(-c4ccccc4)ncc3CC[C@@H]12. The van der Waals surface area contributed by atoms with Crippen LogP contribution in [0.5, 0.6) is 0 Å². The minimum Gasteiger partial charge on any atom is -0.387 e. The summed E-state index contributed by atoms with van der Waals surface area (Å²) in [5.74, 6) is 1.02. The first kappa shape index (κ1) is 16.0. The van der Waals surface area contributed by atoms with Crippen LogP contribution in [0.2, 0.25) is 0 Å². The van der Waals surface area contributed by atoms with E-state index in [1.807, 2.05) is 49.5 Å². The van der Waals surface area contributed by atoms with Gasteiger partial charge < -0.3 is 5.11 Å². The molecule has 4 heteroatoms. The number of nitrogens with zero attached hydrogens (tertiary/aromatic N) is 3. The number of aromatic nitrogens is 2. The highest BCUT2D eigenvalue weighted by Gasteiger charge is 2.48. The fourth-order valence-electron chi connectivity index (χ4n) is 4.56. The second-order valence-electron chi connectivity index (χ2n) is 7.38. The highest BCUT2D eigenvalue weighted by Crippen LogP contribution is 2.50. The van der Waals surface area contributed by atoms with Crippen LogP contribution in [-0.2, 0) is 11.8 Å². The van der Waals surface area contributed by atoms with Gasteiger partial charge in [0.1, 0.15) is 0 Å². The van der Waals surface area contributed by atoms with Gasteiger partial charge in [0.2, 0.25) is 0 Å². The summed E-state index contributed by atoms with van der Waals surface area (Å²) in [7, 11) is 0. The molecular formula is C21H21N3O. The molecular weight excluding hydrogens is 310 g/mol. The zero-order chi connectivity index (χ0) is 17.6. The number of fused-ring (bicyclic) bond motifs is 3. The van der Waals surface area contributed by atoms with E-state index in [0.29, 0.717) is 11.4 Å². The third-order valence-electron chi connectivity index (χ3n) is 5.94. The van der Waals surface area contributed by atoms with Crippen molar-refractivity contribution in [1.29, 1.82) is 5.26 Å². The molecule has 0 spiro atoms. The van der Waals surface area contributed by atoms with Crippen molar-refractivity contribution in [2.45, 2.75) is 38.2 Å². The van der Waals surface area contributed by atoms with Gasteiger partial charge in [-0.1, -0.05) is 50.3 Å². The lowest BCUT2D eigenvalue weighted by Crippen LogP contribution is -2.47. The summed E-state index contributed by atoms with van der Waals surface area (Å²) in [5, 5.41) is 19.9. The quantitative estimate of drug-likeness (QED) is 0.869. The van der Waals surface area contributed by atoms with Gasteiger partial charge >= 0.3 is 0 Å². The zero-order valence-corrected chi connectivity index (χ0v) is 14.5. The minimum absolute atomic E-state index is 0.0351. The summed E-state index contributed by atoms with van der Waals surface area (Å²) in [6.07, 6.45) is 5.09. The average Bonchev–Trinajstić information content (AvgIpc) is 2.65. The van der Waals surface area contributed by atoms with Crippen LogP contribution >= 0.6 is 0 Å². The molecule has 1 aromatic carbocycles. The Morgan fingerprint density at radius 1 is 1.28 bits per heavy atom. The number of aryl methyl sites for hydroxylation is 1. The maximum atomic E-state index is 10.4. The molecule has 25 heavy (non-hydrogen) atoms. The van der Waals surface area contributed by atoms with E-state index in [-0.39, 0.29) is 17.3 Å². The molecule has 2 aliphatic carbocycles. The van der Waals surface area contributed by atoms with Crippen molar-refractivity contribution >= 4 is 0 Å². The number of benzene rings is 1. The molecule has 0 amide bonds. The number of aliphatic hydroxyl groups is 1. The molecule has 0 fully saturated rings. The fraction of sp³-hybridized carbons (Fsp3) is 0.381. The van der Waals surface area contributed by atoms with Crippen LogP contribution in [0.15, 0.2) is 48.2 Å². The fourth-order valence-corrected chi connectivity index (χ4v) is 4.56. The maximum Gasteiger partial charge on any atom is 0.159 e. The monoisotopic (exact) mass is 331 g/mol. The first-order valence-electron chi connectivity index (χ1n) is 8.77. The van der Waals surface area contributed by atoms with Crippen LogP contribution < -0.4 is 0 Å². The normalized spacial score (nSPS) is 30.6. The number of hydrogen-bond acceptors (Lipinski definition) is 4. The predicted molar refractivity (Wildman–Crippen MR) is 95.5 cm³/mol. The Labute approximate surface area is 147 Å². The second kappa shape index (κ2) is 5.79. The molecule has 2 aromatic rings. The van der Waals surface area contributed by atoms with Gasteiger partial charge in [0.25, 0.3) is 0 Å². The molecule has 4 nitrogen and oxygen atoms in total. The van der Waals surface area contributed by atoms with E-state index in [1.165, 1.54) is 0 Å². The molecule has 4 atom stereocenters. The Bertz CT molecular complexity index is 884. The number of allylic oxidation sites excluding steroid dienone is 1. The Kier molecular flexibility index (Phi) is 3.70.